The lowest BCUT2D eigenvalue weighted by atomic mass is 10.1. The molecule has 1 aromatic carbocycles. The van der Waals surface area contributed by atoms with Crippen molar-refractivity contribution in [3.63, 3.8) is 0 Å². The summed E-state index contributed by atoms with van der Waals surface area (Å²) in [6, 6.07) is 7.97. The van der Waals surface area contributed by atoms with Crippen LogP contribution in [0.1, 0.15) is 6.42 Å². The quantitative estimate of drug-likeness (QED) is 0.891. The summed E-state index contributed by atoms with van der Waals surface area (Å²) in [4.78, 5) is 0. The lowest BCUT2D eigenvalue weighted by molar-refractivity contribution is 0.230. The number of ether oxygens (including phenoxy) is 1. The highest BCUT2D eigenvalue weighted by molar-refractivity contribution is 7.99. The Morgan fingerprint density at radius 1 is 1.33 bits per heavy atom. The number of anilines is 1. The van der Waals surface area contributed by atoms with Gasteiger partial charge in [-0.25, -0.2) is 0 Å². The van der Waals surface area contributed by atoms with Crippen molar-refractivity contribution < 1.29 is 4.74 Å². The molecule has 1 aromatic heterocycles. The summed E-state index contributed by atoms with van der Waals surface area (Å²) in [7, 11) is 0. The molecule has 1 saturated heterocycles. The smallest absolute Gasteiger partial charge is 0.127 e. The number of hydrogen-bond donors (Lipinski definition) is 2. The lowest BCUT2D eigenvalue weighted by Crippen LogP contribution is -2.15. The van der Waals surface area contributed by atoms with E-state index in [9.17, 15) is 0 Å². The summed E-state index contributed by atoms with van der Waals surface area (Å²) in [6.45, 7) is 0. The van der Waals surface area contributed by atoms with Gasteiger partial charge in [0, 0.05) is 16.9 Å². The van der Waals surface area contributed by atoms with Crippen LogP contribution in [0.15, 0.2) is 30.5 Å². The zero-order valence-electron chi connectivity index (χ0n) is 9.93. The average Bonchev–Trinajstić information content (AvgIpc) is 3.02. The highest BCUT2D eigenvalue weighted by Gasteiger charge is 2.19. The van der Waals surface area contributed by atoms with E-state index >= 15 is 0 Å². The van der Waals surface area contributed by atoms with Gasteiger partial charge in [-0.15, -0.1) is 0 Å². The Labute approximate surface area is 110 Å². The molecule has 3 rings (SSSR count). The summed E-state index contributed by atoms with van der Waals surface area (Å²) >= 11 is 1.94. The van der Waals surface area contributed by atoms with Gasteiger partial charge in [0.15, 0.2) is 0 Å². The maximum absolute atomic E-state index is 6.07. The first-order valence-electron chi connectivity index (χ1n) is 5.97. The molecule has 0 bridgehead atoms. The van der Waals surface area contributed by atoms with Crippen LogP contribution >= 0.6 is 11.8 Å². The van der Waals surface area contributed by atoms with E-state index in [1.807, 2.05) is 36.0 Å². The fourth-order valence-corrected chi connectivity index (χ4v) is 3.18. The van der Waals surface area contributed by atoms with Crippen molar-refractivity contribution in [2.75, 3.05) is 17.2 Å². The minimum atomic E-state index is 0.310. The van der Waals surface area contributed by atoms with E-state index in [0.717, 1.165) is 29.1 Å². The molecule has 1 unspecified atom stereocenters. The Balaban J connectivity index is 1.92. The predicted octanol–water partition coefficient (Wildman–Crippen LogP) is 2.54. The fourth-order valence-electron chi connectivity index (χ4n) is 2.09. The summed E-state index contributed by atoms with van der Waals surface area (Å²) in [5, 5.41) is 6.72. The first-order valence-corrected chi connectivity index (χ1v) is 7.12. The van der Waals surface area contributed by atoms with Crippen molar-refractivity contribution >= 4 is 17.6 Å². The van der Waals surface area contributed by atoms with Gasteiger partial charge in [-0.2, -0.15) is 16.9 Å². The predicted molar refractivity (Wildman–Crippen MR) is 74.8 cm³/mol. The Morgan fingerprint density at radius 3 is 2.94 bits per heavy atom. The molecule has 18 heavy (non-hydrogen) atoms. The van der Waals surface area contributed by atoms with Crippen molar-refractivity contribution in [2.24, 2.45) is 0 Å². The Hall–Kier alpha value is -1.62. The van der Waals surface area contributed by atoms with Crippen molar-refractivity contribution in [3.05, 3.63) is 30.5 Å². The third kappa shape index (κ3) is 2.18. The van der Waals surface area contributed by atoms with Gasteiger partial charge in [0.1, 0.15) is 17.7 Å². The molecule has 1 fully saturated rings. The van der Waals surface area contributed by atoms with Gasteiger partial charge in [0.25, 0.3) is 0 Å². The van der Waals surface area contributed by atoms with Gasteiger partial charge in [0.2, 0.25) is 0 Å². The summed E-state index contributed by atoms with van der Waals surface area (Å²) < 4.78 is 6.07. The molecule has 0 radical (unpaired) electrons. The molecular weight excluding hydrogens is 246 g/mol. The number of nitrogens with two attached hydrogens (primary N) is 1. The number of nitrogens with one attached hydrogen (secondary N) is 1. The number of H-pyrrole nitrogens is 1. The first kappa shape index (κ1) is 11.5. The van der Waals surface area contributed by atoms with E-state index in [1.54, 1.807) is 6.20 Å². The average molecular weight is 261 g/mol. The van der Waals surface area contributed by atoms with E-state index in [-0.39, 0.29) is 0 Å². The number of aromatic amines is 1. The van der Waals surface area contributed by atoms with Gasteiger partial charge >= 0.3 is 0 Å². The molecule has 0 saturated carbocycles. The second-order valence-corrected chi connectivity index (χ2v) is 5.45. The Morgan fingerprint density at radius 2 is 2.22 bits per heavy atom. The van der Waals surface area contributed by atoms with Crippen LogP contribution in [-0.2, 0) is 0 Å². The Kier molecular flexibility index (Phi) is 3.15. The van der Waals surface area contributed by atoms with E-state index in [1.165, 1.54) is 5.75 Å². The SMILES string of the molecule is Nc1[nH]ncc1-c1ccccc1OC1CCSC1. The second-order valence-electron chi connectivity index (χ2n) is 4.30. The molecule has 2 heterocycles. The number of thioether (sulfide) groups is 1. The number of nitrogen functional groups attached to an aromatic ring is 1. The standard InChI is InChI=1S/C13H15N3OS/c14-13-11(7-15-16-13)10-3-1-2-4-12(10)17-9-5-6-18-8-9/h1-4,7,9H,5-6,8H2,(H3,14,15,16). The number of nitrogens with zero attached hydrogens (tertiary/aromatic N) is 1. The molecule has 94 valence electrons. The van der Waals surface area contributed by atoms with Gasteiger partial charge in [-0.05, 0) is 18.2 Å². The molecular formula is C13H15N3OS. The van der Waals surface area contributed by atoms with Crippen molar-refractivity contribution in [3.8, 4) is 16.9 Å². The van der Waals surface area contributed by atoms with Gasteiger partial charge in [-0.3, -0.25) is 5.10 Å². The van der Waals surface area contributed by atoms with Crippen LogP contribution in [0.25, 0.3) is 11.1 Å². The molecule has 0 aliphatic carbocycles. The maximum Gasteiger partial charge on any atom is 0.127 e. The molecule has 2 aromatic rings. The molecule has 5 heteroatoms. The largest absolute Gasteiger partial charge is 0.489 e. The molecule has 1 aliphatic heterocycles. The topological polar surface area (TPSA) is 63.9 Å². The van der Waals surface area contributed by atoms with Crippen LogP contribution in [0.2, 0.25) is 0 Å². The van der Waals surface area contributed by atoms with Gasteiger partial charge in [-0.1, -0.05) is 18.2 Å². The minimum absolute atomic E-state index is 0.310. The molecule has 4 nitrogen and oxygen atoms in total. The first-order chi connectivity index (χ1) is 8.84. The number of aromatic nitrogens is 2. The zero-order valence-corrected chi connectivity index (χ0v) is 10.7. The number of hydrogen-bond acceptors (Lipinski definition) is 4. The fraction of sp³-hybridized carbons (Fsp3) is 0.308. The summed E-state index contributed by atoms with van der Waals surface area (Å²) in [5.41, 5.74) is 7.77. The third-order valence-electron chi connectivity index (χ3n) is 3.03. The van der Waals surface area contributed by atoms with E-state index in [0.29, 0.717) is 11.9 Å². The van der Waals surface area contributed by atoms with Crippen LogP contribution in [0.3, 0.4) is 0 Å². The van der Waals surface area contributed by atoms with E-state index in [4.69, 9.17) is 10.5 Å². The van der Waals surface area contributed by atoms with E-state index < -0.39 is 0 Å². The van der Waals surface area contributed by atoms with Crippen LogP contribution in [-0.4, -0.2) is 27.8 Å². The van der Waals surface area contributed by atoms with Crippen LogP contribution in [0.4, 0.5) is 5.82 Å². The maximum atomic E-state index is 6.07. The van der Waals surface area contributed by atoms with Gasteiger partial charge < -0.3 is 10.5 Å². The normalized spacial score (nSPS) is 19.0. The van der Waals surface area contributed by atoms with E-state index in [2.05, 4.69) is 10.2 Å². The lowest BCUT2D eigenvalue weighted by Gasteiger charge is -2.15. The second kappa shape index (κ2) is 4.94. The third-order valence-corrected chi connectivity index (χ3v) is 4.16. The summed E-state index contributed by atoms with van der Waals surface area (Å²) in [6.07, 6.45) is 3.16. The van der Waals surface area contributed by atoms with Crippen LogP contribution < -0.4 is 10.5 Å². The number of benzene rings is 1. The van der Waals surface area contributed by atoms with Crippen LogP contribution in [0.5, 0.6) is 5.75 Å². The van der Waals surface area contributed by atoms with Crippen molar-refractivity contribution in [2.45, 2.75) is 12.5 Å². The number of para-hydroxylation sites is 1. The zero-order chi connectivity index (χ0) is 12.4. The molecule has 3 N–H and O–H groups in total. The number of rotatable bonds is 3. The molecule has 0 spiro atoms. The van der Waals surface area contributed by atoms with Crippen LogP contribution in [0, 0.1) is 0 Å². The van der Waals surface area contributed by atoms with Gasteiger partial charge in [0.05, 0.1) is 6.20 Å². The molecule has 0 amide bonds. The van der Waals surface area contributed by atoms with Crippen molar-refractivity contribution in [1.82, 2.24) is 10.2 Å². The monoisotopic (exact) mass is 261 g/mol. The molecule has 1 atom stereocenters. The highest BCUT2D eigenvalue weighted by Crippen LogP contribution is 2.34. The highest BCUT2D eigenvalue weighted by atomic mass is 32.2. The minimum Gasteiger partial charge on any atom is -0.489 e. The molecule has 1 aliphatic rings. The van der Waals surface area contributed by atoms with Crippen molar-refractivity contribution in [1.29, 1.82) is 0 Å². The Bertz CT molecular complexity index is 535. The summed E-state index contributed by atoms with van der Waals surface area (Å²) in [5.74, 6) is 3.71.